The molecule has 4 heteroatoms. The van der Waals surface area contributed by atoms with E-state index in [1.165, 1.54) is 0 Å². The first-order valence-corrected chi connectivity index (χ1v) is 6.28. The Morgan fingerprint density at radius 3 is 2.75 bits per heavy atom. The quantitative estimate of drug-likeness (QED) is 0.721. The van der Waals surface area contributed by atoms with E-state index in [-0.39, 0.29) is 12.0 Å². The van der Waals surface area contributed by atoms with Gasteiger partial charge in [0.25, 0.3) is 0 Å². The number of hydrogen-bond donors (Lipinski definition) is 2. The van der Waals surface area contributed by atoms with Gasteiger partial charge in [-0.25, -0.2) is 0 Å². The third-order valence-corrected chi connectivity index (χ3v) is 3.79. The molecule has 1 amide bonds. The number of carbonyl (C=O) groups excluding carboxylic acids is 1. The number of carbonyl (C=O) groups is 1. The van der Waals surface area contributed by atoms with Crippen LogP contribution in [0.3, 0.4) is 0 Å². The van der Waals surface area contributed by atoms with Crippen LogP contribution in [0.25, 0.3) is 0 Å². The normalized spacial score (nSPS) is 33.5. The highest BCUT2D eigenvalue weighted by Crippen LogP contribution is 2.27. The second kappa shape index (κ2) is 5.15. The van der Waals surface area contributed by atoms with Crippen LogP contribution in [0.2, 0.25) is 0 Å². The molecule has 0 aromatic carbocycles. The van der Waals surface area contributed by atoms with Crippen LogP contribution in [0.15, 0.2) is 0 Å². The largest absolute Gasteiger partial charge is 0.393 e. The Labute approximate surface area is 97.0 Å². The Morgan fingerprint density at radius 2 is 2.19 bits per heavy atom. The average Bonchev–Trinajstić information content (AvgIpc) is 2.68. The van der Waals surface area contributed by atoms with Crippen molar-refractivity contribution in [1.82, 2.24) is 10.2 Å². The van der Waals surface area contributed by atoms with Crippen molar-refractivity contribution >= 4 is 5.91 Å². The Morgan fingerprint density at radius 1 is 1.44 bits per heavy atom. The molecule has 1 unspecified atom stereocenters. The number of hydrogen-bond acceptors (Lipinski definition) is 3. The summed E-state index contributed by atoms with van der Waals surface area (Å²) in [7, 11) is 1.88. The monoisotopic (exact) mass is 226 g/mol. The van der Waals surface area contributed by atoms with Crippen LogP contribution in [0.4, 0.5) is 0 Å². The zero-order valence-electron chi connectivity index (χ0n) is 9.98. The molecular formula is C12H22N2O2. The molecule has 2 N–H and O–H groups in total. The van der Waals surface area contributed by atoms with Gasteiger partial charge in [-0.15, -0.1) is 0 Å². The average molecular weight is 226 g/mol. The summed E-state index contributed by atoms with van der Waals surface area (Å²) in [4.78, 5) is 13.7. The Kier molecular flexibility index (Phi) is 3.82. The van der Waals surface area contributed by atoms with E-state index in [9.17, 15) is 9.90 Å². The maximum absolute atomic E-state index is 11.9. The van der Waals surface area contributed by atoms with Gasteiger partial charge in [-0.05, 0) is 44.2 Å². The minimum absolute atomic E-state index is 0.118. The van der Waals surface area contributed by atoms with E-state index in [1.807, 2.05) is 11.9 Å². The van der Waals surface area contributed by atoms with Crippen LogP contribution in [0, 0.1) is 11.8 Å². The second-order valence-electron chi connectivity index (χ2n) is 5.33. The van der Waals surface area contributed by atoms with Gasteiger partial charge in [-0.3, -0.25) is 4.79 Å². The van der Waals surface area contributed by atoms with Gasteiger partial charge in [0.2, 0.25) is 5.91 Å². The first-order chi connectivity index (χ1) is 7.65. The van der Waals surface area contributed by atoms with Gasteiger partial charge in [0.15, 0.2) is 0 Å². The van der Waals surface area contributed by atoms with Gasteiger partial charge in [-0.2, -0.15) is 0 Å². The fourth-order valence-corrected chi connectivity index (χ4v) is 2.63. The molecule has 92 valence electrons. The maximum atomic E-state index is 11.9. The predicted molar refractivity (Wildman–Crippen MR) is 62.0 cm³/mol. The van der Waals surface area contributed by atoms with Crippen molar-refractivity contribution in [3.8, 4) is 0 Å². The molecule has 1 heterocycles. The molecule has 4 nitrogen and oxygen atoms in total. The number of rotatable bonds is 4. The smallest absolute Gasteiger partial charge is 0.222 e. The minimum Gasteiger partial charge on any atom is -0.393 e. The molecule has 0 aromatic rings. The SMILES string of the molecule is CN(CC1CC(O)C1)C(=O)CC1CCNC1. The second-order valence-corrected chi connectivity index (χ2v) is 5.33. The summed E-state index contributed by atoms with van der Waals surface area (Å²) in [6.45, 7) is 2.86. The summed E-state index contributed by atoms with van der Waals surface area (Å²) in [5, 5.41) is 12.5. The fraction of sp³-hybridized carbons (Fsp3) is 0.917. The van der Waals surface area contributed by atoms with Crippen molar-refractivity contribution in [1.29, 1.82) is 0 Å². The number of amides is 1. The topological polar surface area (TPSA) is 52.6 Å². The van der Waals surface area contributed by atoms with E-state index >= 15 is 0 Å². The Balaban J connectivity index is 1.67. The van der Waals surface area contributed by atoms with Crippen LogP contribution in [0.5, 0.6) is 0 Å². The van der Waals surface area contributed by atoms with Crippen molar-refractivity contribution in [2.45, 2.75) is 31.8 Å². The van der Waals surface area contributed by atoms with Gasteiger partial charge in [0.05, 0.1) is 6.10 Å². The molecule has 1 saturated carbocycles. The minimum atomic E-state index is -0.118. The summed E-state index contributed by atoms with van der Waals surface area (Å²) in [5.41, 5.74) is 0. The summed E-state index contributed by atoms with van der Waals surface area (Å²) >= 11 is 0. The van der Waals surface area contributed by atoms with E-state index in [0.717, 1.165) is 38.9 Å². The summed E-state index contributed by atoms with van der Waals surface area (Å²) < 4.78 is 0. The van der Waals surface area contributed by atoms with Crippen molar-refractivity contribution in [2.75, 3.05) is 26.7 Å². The van der Waals surface area contributed by atoms with E-state index in [2.05, 4.69) is 5.32 Å². The maximum Gasteiger partial charge on any atom is 0.222 e. The standard InChI is InChI=1S/C12H22N2O2/c1-14(8-10-4-11(15)5-10)12(16)6-9-2-3-13-7-9/h9-11,13,15H,2-8H2,1H3. The van der Waals surface area contributed by atoms with Crippen molar-refractivity contribution in [3.63, 3.8) is 0 Å². The molecule has 0 bridgehead atoms. The molecule has 1 atom stereocenters. The molecule has 16 heavy (non-hydrogen) atoms. The first-order valence-electron chi connectivity index (χ1n) is 6.28. The van der Waals surface area contributed by atoms with Crippen LogP contribution in [-0.4, -0.2) is 48.7 Å². The number of nitrogens with one attached hydrogen (secondary N) is 1. The Hall–Kier alpha value is -0.610. The fourth-order valence-electron chi connectivity index (χ4n) is 2.63. The summed E-state index contributed by atoms with van der Waals surface area (Å²) in [5.74, 6) is 1.31. The lowest BCUT2D eigenvalue weighted by Crippen LogP contribution is -2.40. The lowest BCUT2D eigenvalue weighted by molar-refractivity contribution is -0.132. The molecule has 0 aromatic heterocycles. The molecular weight excluding hydrogens is 204 g/mol. The van der Waals surface area contributed by atoms with E-state index in [1.54, 1.807) is 0 Å². The van der Waals surface area contributed by atoms with Gasteiger partial charge in [0, 0.05) is 20.0 Å². The van der Waals surface area contributed by atoms with Crippen LogP contribution in [0.1, 0.15) is 25.7 Å². The highest BCUT2D eigenvalue weighted by Gasteiger charge is 2.29. The van der Waals surface area contributed by atoms with Crippen molar-refractivity contribution in [2.24, 2.45) is 11.8 Å². The van der Waals surface area contributed by atoms with Crippen molar-refractivity contribution < 1.29 is 9.90 Å². The summed E-state index contributed by atoms with van der Waals surface area (Å²) in [6, 6.07) is 0. The molecule has 2 aliphatic rings. The molecule has 2 rings (SSSR count). The Bertz CT molecular complexity index is 245. The van der Waals surface area contributed by atoms with E-state index in [4.69, 9.17) is 0 Å². The lowest BCUT2D eigenvalue weighted by atomic mass is 9.82. The van der Waals surface area contributed by atoms with Gasteiger partial charge >= 0.3 is 0 Å². The molecule has 2 fully saturated rings. The molecule has 0 spiro atoms. The van der Waals surface area contributed by atoms with Gasteiger partial charge < -0.3 is 15.3 Å². The molecule has 0 radical (unpaired) electrons. The van der Waals surface area contributed by atoms with Crippen LogP contribution < -0.4 is 5.32 Å². The van der Waals surface area contributed by atoms with Crippen molar-refractivity contribution in [3.05, 3.63) is 0 Å². The van der Waals surface area contributed by atoms with E-state index < -0.39 is 0 Å². The zero-order valence-corrected chi connectivity index (χ0v) is 9.98. The predicted octanol–water partition coefficient (Wildman–Crippen LogP) is 0.215. The number of aliphatic hydroxyl groups is 1. The highest BCUT2D eigenvalue weighted by molar-refractivity contribution is 5.76. The summed E-state index contributed by atoms with van der Waals surface area (Å²) in [6.07, 6.45) is 3.42. The lowest BCUT2D eigenvalue weighted by Gasteiger charge is -2.34. The molecule has 1 aliphatic heterocycles. The van der Waals surface area contributed by atoms with E-state index in [0.29, 0.717) is 18.3 Å². The number of aliphatic hydroxyl groups excluding tert-OH is 1. The third-order valence-electron chi connectivity index (χ3n) is 3.79. The van der Waals surface area contributed by atoms with Gasteiger partial charge in [-0.1, -0.05) is 0 Å². The van der Waals surface area contributed by atoms with Crippen LogP contribution in [-0.2, 0) is 4.79 Å². The van der Waals surface area contributed by atoms with Gasteiger partial charge in [0.1, 0.15) is 0 Å². The first kappa shape index (κ1) is 11.9. The number of nitrogens with zero attached hydrogens (tertiary/aromatic N) is 1. The highest BCUT2D eigenvalue weighted by atomic mass is 16.3. The molecule has 1 aliphatic carbocycles. The third kappa shape index (κ3) is 2.95. The van der Waals surface area contributed by atoms with Crippen LogP contribution >= 0.6 is 0 Å². The zero-order chi connectivity index (χ0) is 11.5. The molecule has 1 saturated heterocycles.